The van der Waals surface area contributed by atoms with Gasteiger partial charge >= 0.3 is 0 Å². The molecule has 0 aliphatic carbocycles. The maximum Gasteiger partial charge on any atom is 0.246 e. The van der Waals surface area contributed by atoms with E-state index in [1.807, 2.05) is 48.2 Å². The molecule has 39 heavy (non-hydrogen) atoms. The lowest BCUT2D eigenvalue weighted by molar-refractivity contribution is -0.126. The molecule has 2 aromatic heterocycles. The number of hydrogen-bond donors (Lipinski definition) is 3. The van der Waals surface area contributed by atoms with Gasteiger partial charge in [-0.2, -0.15) is 0 Å². The molecule has 0 spiro atoms. The lowest BCUT2D eigenvalue weighted by atomic mass is 10.0. The zero-order valence-corrected chi connectivity index (χ0v) is 23.7. The average molecular weight is 565 g/mol. The molecule has 1 atom stereocenters. The Labute approximate surface area is 238 Å². The number of amides is 1. The fourth-order valence-corrected chi connectivity index (χ4v) is 6.23. The van der Waals surface area contributed by atoms with Crippen molar-refractivity contribution in [2.24, 2.45) is 4.99 Å². The number of aliphatic imine (C=N–C) groups is 1. The fraction of sp³-hybridized carbons (Fsp3) is 0.345. The molecule has 0 radical (unpaired) electrons. The van der Waals surface area contributed by atoms with Crippen molar-refractivity contribution in [1.29, 1.82) is 0 Å². The molecule has 0 fully saturated rings. The van der Waals surface area contributed by atoms with Crippen LogP contribution < -0.4 is 20.7 Å². The minimum absolute atomic E-state index is 0.0670. The Morgan fingerprint density at radius 3 is 3.05 bits per heavy atom. The number of pyridine rings is 1. The van der Waals surface area contributed by atoms with Gasteiger partial charge in [0, 0.05) is 35.1 Å². The zero-order valence-electron chi connectivity index (χ0n) is 22.2. The van der Waals surface area contributed by atoms with E-state index in [2.05, 4.69) is 27.9 Å². The minimum atomic E-state index is -0.0740. The molecule has 3 N–H and O–H groups in total. The number of carbonyl (C=O) groups excluding carboxylic acids is 1. The van der Waals surface area contributed by atoms with E-state index in [1.54, 1.807) is 29.8 Å². The molecule has 4 heterocycles. The van der Waals surface area contributed by atoms with Crippen LogP contribution in [-0.4, -0.2) is 47.4 Å². The number of nitrogens with one attached hydrogen (secondary N) is 3. The van der Waals surface area contributed by atoms with E-state index < -0.39 is 0 Å². The van der Waals surface area contributed by atoms with Gasteiger partial charge in [0.05, 0.1) is 17.1 Å². The number of amidine groups is 1. The highest BCUT2D eigenvalue weighted by Crippen LogP contribution is 2.40. The van der Waals surface area contributed by atoms with Gasteiger partial charge in [0.25, 0.3) is 0 Å². The number of nitrogens with zero attached hydrogens (tertiary/aromatic N) is 3. The predicted molar refractivity (Wildman–Crippen MR) is 159 cm³/mol. The first kappa shape index (κ1) is 27.2. The molecular weight excluding hydrogens is 532 g/mol. The summed E-state index contributed by atoms with van der Waals surface area (Å²) in [7, 11) is 0. The molecule has 1 amide bonds. The summed E-state index contributed by atoms with van der Waals surface area (Å²) < 4.78 is 5.90. The van der Waals surface area contributed by atoms with Crippen molar-refractivity contribution >= 4 is 45.4 Å². The van der Waals surface area contributed by atoms with Crippen LogP contribution in [0.1, 0.15) is 41.8 Å². The van der Waals surface area contributed by atoms with Crippen LogP contribution in [0.25, 0.3) is 0 Å². The number of ether oxygens (including phenoxy) is 1. The number of aromatic nitrogens is 1. The molecule has 8 nitrogen and oxygen atoms in total. The lowest BCUT2D eigenvalue weighted by Crippen LogP contribution is -2.35. The van der Waals surface area contributed by atoms with Gasteiger partial charge in [0.1, 0.15) is 29.4 Å². The monoisotopic (exact) mass is 564 g/mol. The number of halogens is 1. The summed E-state index contributed by atoms with van der Waals surface area (Å²) >= 11 is 8.28. The third-order valence-corrected chi connectivity index (χ3v) is 8.02. The quantitative estimate of drug-likeness (QED) is 0.237. The summed E-state index contributed by atoms with van der Waals surface area (Å²) in [6.07, 6.45) is 8.74. The Morgan fingerprint density at radius 1 is 1.36 bits per heavy atom. The van der Waals surface area contributed by atoms with Crippen LogP contribution in [0.5, 0.6) is 5.75 Å². The molecule has 5 rings (SSSR count). The Hall–Kier alpha value is -3.40. The van der Waals surface area contributed by atoms with Gasteiger partial charge in [-0.15, -0.1) is 11.3 Å². The number of rotatable bonds is 9. The summed E-state index contributed by atoms with van der Waals surface area (Å²) in [6.45, 7) is 7.62. The second-order valence-corrected chi connectivity index (χ2v) is 11.0. The third-order valence-electron chi connectivity index (χ3n) is 6.58. The Balaban J connectivity index is 1.27. The summed E-state index contributed by atoms with van der Waals surface area (Å²) in [5, 5.41) is 11.9. The third kappa shape index (κ3) is 6.61. The maximum absolute atomic E-state index is 12.8. The van der Waals surface area contributed by atoms with Crippen LogP contribution in [0.4, 0.5) is 10.7 Å². The molecule has 0 saturated carbocycles. The molecule has 1 aromatic carbocycles. The fourth-order valence-electron chi connectivity index (χ4n) is 4.65. The Bertz CT molecular complexity index is 1370. The van der Waals surface area contributed by atoms with Gasteiger partial charge < -0.3 is 25.6 Å². The first-order valence-corrected chi connectivity index (χ1v) is 14.4. The van der Waals surface area contributed by atoms with Crippen molar-refractivity contribution in [3.8, 4) is 5.75 Å². The van der Waals surface area contributed by atoms with Gasteiger partial charge in [0.2, 0.25) is 5.91 Å². The van der Waals surface area contributed by atoms with Gasteiger partial charge in [-0.25, -0.2) is 4.99 Å². The molecule has 0 bridgehead atoms. The maximum atomic E-state index is 12.8. The van der Waals surface area contributed by atoms with Crippen LogP contribution >= 0.6 is 22.9 Å². The van der Waals surface area contributed by atoms with Crippen LogP contribution in [0.15, 0.2) is 59.9 Å². The van der Waals surface area contributed by atoms with E-state index in [-0.39, 0.29) is 12.1 Å². The summed E-state index contributed by atoms with van der Waals surface area (Å²) in [5.74, 6) is 1.50. The molecule has 3 aromatic rings. The summed E-state index contributed by atoms with van der Waals surface area (Å²) in [4.78, 5) is 24.9. The number of thiophene rings is 1. The number of anilines is 2. The van der Waals surface area contributed by atoms with Crippen LogP contribution in [-0.2, 0) is 24.4 Å². The second kappa shape index (κ2) is 12.6. The van der Waals surface area contributed by atoms with E-state index >= 15 is 0 Å². The molecule has 2 aliphatic rings. The molecule has 0 saturated heterocycles. The number of benzene rings is 1. The topological polar surface area (TPSA) is 90.9 Å². The minimum Gasteiger partial charge on any atom is -0.487 e. The predicted octanol–water partition coefficient (Wildman–Crippen LogP) is 5.45. The van der Waals surface area contributed by atoms with E-state index in [0.29, 0.717) is 30.5 Å². The SMILES string of the molecule is CCNCC/C=C/C(=O)N1CCc2c(sc3c2C(Nc2ccc(OCc4cccnc4)c(Cl)c2)=NC(C)N3)C1. The van der Waals surface area contributed by atoms with Crippen molar-refractivity contribution in [2.45, 2.75) is 46.0 Å². The largest absolute Gasteiger partial charge is 0.487 e. The standard InChI is InChI=1S/C29H33ClN6O2S/c1-3-31-12-5-4-8-26(37)36-14-11-22-25(17-36)39-29-27(22)28(33-19(2)34-29)35-21-9-10-24(23(30)15-21)38-18-20-7-6-13-32-16-20/h4,6-10,13,15-16,19,31,34H,3,5,11-12,14,17-18H2,1-2H3,(H,33,35)/b8-4+. The second-order valence-electron chi connectivity index (χ2n) is 9.48. The first-order valence-electron chi connectivity index (χ1n) is 13.3. The van der Waals surface area contributed by atoms with Gasteiger partial charge in [-0.3, -0.25) is 9.78 Å². The Kier molecular flexibility index (Phi) is 8.81. The number of carbonyl (C=O) groups is 1. The first-order chi connectivity index (χ1) is 19.0. The van der Waals surface area contributed by atoms with E-state index in [0.717, 1.165) is 53.6 Å². The van der Waals surface area contributed by atoms with E-state index in [4.69, 9.17) is 21.3 Å². The number of hydrogen-bond acceptors (Lipinski definition) is 8. The van der Waals surface area contributed by atoms with Gasteiger partial charge in [-0.05, 0) is 68.8 Å². The lowest BCUT2D eigenvalue weighted by Gasteiger charge is -2.27. The van der Waals surface area contributed by atoms with Crippen molar-refractivity contribution < 1.29 is 9.53 Å². The Morgan fingerprint density at radius 2 is 2.26 bits per heavy atom. The molecule has 10 heteroatoms. The average Bonchev–Trinajstić information content (AvgIpc) is 3.30. The van der Waals surface area contributed by atoms with Crippen LogP contribution in [0.3, 0.4) is 0 Å². The highest BCUT2D eigenvalue weighted by atomic mass is 35.5. The van der Waals surface area contributed by atoms with E-state index in [9.17, 15) is 4.79 Å². The van der Waals surface area contributed by atoms with Crippen molar-refractivity contribution in [1.82, 2.24) is 15.2 Å². The summed E-state index contributed by atoms with van der Waals surface area (Å²) in [6, 6.07) is 9.51. The summed E-state index contributed by atoms with van der Waals surface area (Å²) in [5.41, 5.74) is 4.16. The van der Waals surface area contributed by atoms with E-state index in [1.165, 1.54) is 10.4 Å². The highest BCUT2D eigenvalue weighted by Gasteiger charge is 2.31. The smallest absolute Gasteiger partial charge is 0.246 e. The van der Waals surface area contributed by atoms with Crippen molar-refractivity contribution in [2.75, 3.05) is 30.3 Å². The molecular formula is C29H33ClN6O2S. The number of fused-ring (bicyclic) bond motifs is 3. The van der Waals surface area contributed by atoms with Crippen LogP contribution in [0.2, 0.25) is 5.02 Å². The zero-order chi connectivity index (χ0) is 27.2. The van der Waals surface area contributed by atoms with Gasteiger partial charge in [0.15, 0.2) is 0 Å². The molecule has 2 aliphatic heterocycles. The molecule has 1 unspecified atom stereocenters. The molecule has 204 valence electrons. The normalized spacial score (nSPS) is 16.3. The highest BCUT2D eigenvalue weighted by molar-refractivity contribution is 7.16. The van der Waals surface area contributed by atoms with Crippen molar-refractivity contribution in [3.63, 3.8) is 0 Å². The van der Waals surface area contributed by atoms with Gasteiger partial charge in [-0.1, -0.05) is 30.7 Å². The van der Waals surface area contributed by atoms with Crippen molar-refractivity contribution in [3.05, 3.63) is 81.5 Å². The van der Waals surface area contributed by atoms with Crippen LogP contribution in [0, 0.1) is 0 Å².